The Balaban J connectivity index is 0.000001000. The second-order valence-electron chi connectivity index (χ2n) is 5.66. The quantitative estimate of drug-likeness (QED) is 0.399. The van der Waals surface area contributed by atoms with E-state index in [0.29, 0.717) is 0 Å². The fraction of sp³-hybridized carbons (Fsp3) is 0.800. The maximum atomic E-state index is 4.81. The van der Waals surface area contributed by atoms with Gasteiger partial charge < -0.3 is 24.0 Å². The number of halogens is 1. The molecule has 0 aliphatic carbocycles. The first-order valence-electron chi connectivity index (χ1n) is 6.03. The van der Waals surface area contributed by atoms with E-state index in [2.05, 4.69) is 25.0 Å². The van der Waals surface area contributed by atoms with Crippen molar-refractivity contribution < 1.29 is 33.1 Å². The van der Waals surface area contributed by atoms with Crippen molar-refractivity contribution >= 4 is 0 Å². The minimum atomic E-state index is 0. The van der Waals surface area contributed by atoms with Crippen LogP contribution in [0.3, 0.4) is 0 Å². The van der Waals surface area contributed by atoms with Crippen LogP contribution in [0.4, 0.5) is 0 Å². The van der Waals surface area contributed by atoms with Gasteiger partial charge in [-0.25, -0.2) is 19.3 Å². The second-order valence-corrected chi connectivity index (χ2v) is 5.66. The summed E-state index contributed by atoms with van der Waals surface area (Å²) < 4.78 is 5.86. The lowest BCUT2D eigenvalue weighted by atomic mass is 10.2. The second kappa shape index (κ2) is 4.37. The van der Waals surface area contributed by atoms with E-state index in [1.807, 2.05) is 6.92 Å². The summed E-state index contributed by atoms with van der Waals surface area (Å²) in [5.41, 5.74) is 1.94. The third-order valence-corrected chi connectivity index (χ3v) is 3.93. The Labute approximate surface area is 123 Å². The minimum Gasteiger partial charge on any atom is -1.00 e. The summed E-state index contributed by atoms with van der Waals surface area (Å²) in [6.45, 7) is 9.62. The van der Waals surface area contributed by atoms with E-state index in [1.54, 1.807) is 0 Å². The molecule has 4 aliphatic rings. The van der Waals surface area contributed by atoms with E-state index in [1.165, 1.54) is 0 Å². The first kappa shape index (κ1) is 12.7. The molecule has 0 aromatic carbocycles. The molecule has 0 amide bonds. The lowest BCUT2D eigenvalue weighted by molar-refractivity contribution is -0.991. The maximum absolute atomic E-state index is 4.81. The van der Waals surface area contributed by atoms with Gasteiger partial charge in [0, 0.05) is 0 Å². The minimum absolute atomic E-state index is 0. The zero-order chi connectivity index (χ0) is 11.5. The molecule has 0 atom stereocenters. The Morgan fingerprint density at radius 3 is 2.06 bits per heavy atom. The molecule has 0 saturated carbocycles. The van der Waals surface area contributed by atoms with E-state index in [4.69, 9.17) is 4.63 Å². The van der Waals surface area contributed by atoms with Gasteiger partial charge in [0.15, 0.2) is 5.69 Å². The van der Waals surface area contributed by atoms with Gasteiger partial charge in [0.25, 0.3) is 0 Å². The Bertz CT molecular complexity index is 414. The van der Waals surface area contributed by atoms with Gasteiger partial charge in [-0.2, -0.15) is 0 Å². The molecule has 4 saturated heterocycles. The lowest BCUT2D eigenvalue weighted by Gasteiger charge is -2.60. The number of quaternary nitrogens is 1. The zero-order valence-electron chi connectivity index (χ0n) is 10.4. The van der Waals surface area contributed by atoms with Crippen LogP contribution in [0.1, 0.15) is 11.4 Å². The van der Waals surface area contributed by atoms with Crippen molar-refractivity contribution in [3.8, 4) is 0 Å². The number of nitrogens with zero attached hydrogens (tertiary/aromatic N) is 6. The molecule has 5 rings (SSSR count). The van der Waals surface area contributed by atoms with Crippen LogP contribution in [0.15, 0.2) is 4.63 Å². The van der Waals surface area contributed by atoms with Gasteiger partial charge in [0.1, 0.15) is 32.2 Å². The zero-order valence-corrected chi connectivity index (χ0v) is 12.6. The Morgan fingerprint density at radius 2 is 1.61 bits per heavy atom. The van der Waals surface area contributed by atoms with Crippen molar-refractivity contribution in [1.29, 1.82) is 0 Å². The number of hydrogen-bond acceptors (Lipinski definition) is 6. The molecule has 4 bridgehead atoms. The molecule has 0 unspecified atom stereocenters. The van der Waals surface area contributed by atoms with Crippen LogP contribution in [-0.4, -0.2) is 69.5 Å². The molecular weight excluding hydrogens is 347 g/mol. The van der Waals surface area contributed by atoms with Gasteiger partial charge in [-0.05, 0) is 12.1 Å². The Hall–Kier alpha value is -0.290. The summed E-state index contributed by atoms with van der Waals surface area (Å²) in [7, 11) is 0. The highest BCUT2D eigenvalue weighted by molar-refractivity contribution is 5.02. The highest BCUT2D eigenvalue weighted by Gasteiger charge is 2.48. The predicted molar refractivity (Wildman–Crippen MR) is 57.7 cm³/mol. The first-order chi connectivity index (χ1) is 8.22. The Morgan fingerprint density at radius 1 is 1.06 bits per heavy atom. The van der Waals surface area contributed by atoms with Crippen LogP contribution in [-0.2, 0) is 6.54 Å². The van der Waals surface area contributed by atoms with Gasteiger partial charge in [-0.15, -0.1) is 0 Å². The van der Waals surface area contributed by atoms with Crippen LogP contribution < -0.4 is 24.0 Å². The highest BCUT2D eigenvalue weighted by atomic mass is 127. The Kier molecular flexibility index (Phi) is 3.09. The number of aromatic nitrogens is 2. The first-order valence-corrected chi connectivity index (χ1v) is 6.03. The fourth-order valence-electron chi connectivity index (χ4n) is 3.52. The normalized spacial score (nSPS) is 40.8. The summed E-state index contributed by atoms with van der Waals surface area (Å²) >= 11 is 0. The molecule has 0 radical (unpaired) electrons. The van der Waals surface area contributed by atoms with Crippen molar-refractivity contribution in [3.05, 3.63) is 11.4 Å². The summed E-state index contributed by atoms with van der Waals surface area (Å²) in [6.07, 6.45) is 0. The van der Waals surface area contributed by atoms with Gasteiger partial charge in [0.2, 0.25) is 0 Å². The van der Waals surface area contributed by atoms with E-state index in [0.717, 1.165) is 62.4 Å². The third-order valence-electron chi connectivity index (χ3n) is 3.93. The summed E-state index contributed by atoms with van der Waals surface area (Å²) in [5.74, 6) is 0. The van der Waals surface area contributed by atoms with E-state index in [9.17, 15) is 0 Å². The van der Waals surface area contributed by atoms with Crippen molar-refractivity contribution in [3.63, 3.8) is 0 Å². The van der Waals surface area contributed by atoms with Crippen LogP contribution >= 0.6 is 0 Å². The summed E-state index contributed by atoms with van der Waals surface area (Å²) in [4.78, 5) is 7.50. The highest BCUT2D eigenvalue weighted by Crippen LogP contribution is 2.30. The molecule has 0 spiro atoms. The standard InChI is InChI=1S/C10H17N6O.HI/c1-9-10(12-17-11-9)2-16-6-13-3-14(7-16)5-15(4-13)8-16;/h2-8H2,1H3;1H/q+1;/p-1. The molecule has 4 fully saturated rings. The number of hydrogen-bond donors (Lipinski definition) is 0. The molecule has 4 aliphatic heterocycles. The molecule has 7 nitrogen and oxygen atoms in total. The average Bonchev–Trinajstić information content (AvgIpc) is 2.61. The molecular formula is C10H17IN6O. The summed E-state index contributed by atoms with van der Waals surface area (Å²) in [5, 5.41) is 7.91. The van der Waals surface area contributed by atoms with Crippen LogP contribution in [0.25, 0.3) is 0 Å². The van der Waals surface area contributed by atoms with Gasteiger partial charge in [-0.1, -0.05) is 5.16 Å². The van der Waals surface area contributed by atoms with Gasteiger partial charge in [-0.3, -0.25) is 4.48 Å². The van der Waals surface area contributed by atoms with Gasteiger partial charge >= 0.3 is 0 Å². The molecule has 1 aromatic heterocycles. The average molecular weight is 364 g/mol. The van der Waals surface area contributed by atoms with Crippen LogP contribution in [0.5, 0.6) is 0 Å². The van der Waals surface area contributed by atoms with Gasteiger partial charge in [0.05, 0.1) is 20.0 Å². The van der Waals surface area contributed by atoms with Crippen molar-refractivity contribution in [2.45, 2.75) is 13.5 Å². The molecule has 100 valence electrons. The topological polar surface area (TPSA) is 48.6 Å². The molecule has 5 heterocycles. The maximum Gasteiger partial charge on any atom is 0.162 e. The van der Waals surface area contributed by atoms with Crippen molar-refractivity contribution in [2.75, 3.05) is 40.0 Å². The SMILES string of the molecule is Cc1nonc1C[N+]12CN3CN(CN(C3)C1)C2.[I-]. The molecule has 8 heteroatoms. The van der Waals surface area contributed by atoms with Crippen LogP contribution in [0.2, 0.25) is 0 Å². The van der Waals surface area contributed by atoms with Crippen molar-refractivity contribution in [1.82, 2.24) is 25.0 Å². The van der Waals surface area contributed by atoms with Crippen LogP contribution in [0, 0.1) is 6.92 Å². The third kappa shape index (κ3) is 1.95. The molecule has 0 N–H and O–H groups in total. The van der Waals surface area contributed by atoms with Crippen molar-refractivity contribution in [2.24, 2.45) is 0 Å². The molecule has 1 aromatic rings. The predicted octanol–water partition coefficient (Wildman–Crippen LogP) is -3.61. The number of aryl methyl sites for hydroxylation is 1. The molecule has 18 heavy (non-hydrogen) atoms. The number of rotatable bonds is 2. The van der Waals surface area contributed by atoms with E-state index in [-0.39, 0.29) is 24.0 Å². The van der Waals surface area contributed by atoms with E-state index >= 15 is 0 Å². The fourth-order valence-corrected chi connectivity index (χ4v) is 3.52. The monoisotopic (exact) mass is 364 g/mol. The smallest absolute Gasteiger partial charge is 0.162 e. The lowest BCUT2D eigenvalue weighted by Crippen LogP contribution is -3.00. The summed E-state index contributed by atoms with van der Waals surface area (Å²) in [6, 6.07) is 0. The largest absolute Gasteiger partial charge is 1.00 e. The van der Waals surface area contributed by atoms with E-state index < -0.39 is 0 Å².